The minimum atomic E-state index is -0.616. The molecule has 0 atom stereocenters. The molecule has 0 aliphatic heterocycles. The molecule has 0 aliphatic carbocycles. The van der Waals surface area contributed by atoms with Gasteiger partial charge in [0.1, 0.15) is 94.1 Å². The van der Waals surface area contributed by atoms with Crippen molar-refractivity contribution in [1.82, 2.24) is 120 Å². The van der Waals surface area contributed by atoms with E-state index in [4.69, 9.17) is 54.9 Å². The van der Waals surface area contributed by atoms with Crippen LogP contribution in [0.2, 0.25) is 5.02 Å². The molecular weight excluding hydrogens is 1640 g/mol. The molecule has 0 saturated heterocycles. The van der Waals surface area contributed by atoms with Crippen LogP contribution in [0.25, 0.3) is 100 Å². The van der Waals surface area contributed by atoms with E-state index < -0.39 is 22.2 Å². The van der Waals surface area contributed by atoms with Crippen molar-refractivity contribution < 1.29 is 19.2 Å². The number of nitrogen functional groups attached to an aromatic ring is 4. The maximum Gasteiger partial charge on any atom is 0.270 e. The topological polar surface area (TPSA) is 446 Å². The molecule has 0 fully saturated rings. The van der Waals surface area contributed by atoms with Gasteiger partial charge in [0.15, 0.2) is 22.6 Å². The van der Waals surface area contributed by atoms with Crippen LogP contribution in [0.15, 0.2) is 219 Å². The molecule has 0 unspecified atom stereocenters. The molecule has 12 heterocycles. The minimum Gasteiger partial charge on any atom is -0.383 e. The number of hydrogen-bond acceptors (Lipinski definition) is 25. The lowest BCUT2D eigenvalue weighted by Crippen LogP contribution is -2.41. The summed E-state index contributed by atoms with van der Waals surface area (Å²) in [6.45, 7) is 27.2. The average Bonchev–Trinajstić information content (AvgIpc) is 1.62. The van der Waals surface area contributed by atoms with Gasteiger partial charge in [0.25, 0.3) is 23.6 Å². The normalized spacial score (nSPS) is 11.6. The summed E-state index contributed by atoms with van der Waals surface area (Å²) in [6.07, 6.45) is 10.5. The number of hydrogen-bond donors (Lipinski definition) is 8. The van der Waals surface area contributed by atoms with Crippen LogP contribution in [0.1, 0.15) is 125 Å². The molecule has 0 saturated carbocycles. The summed E-state index contributed by atoms with van der Waals surface area (Å²) in [5.74, 6) is 0.433. The first-order chi connectivity index (χ1) is 60.7. The number of thiazole rings is 1. The molecule has 127 heavy (non-hydrogen) atoms. The predicted octanol–water partition coefficient (Wildman–Crippen LogP) is 14.5. The lowest BCUT2D eigenvalue weighted by atomic mass is 10.0. The Morgan fingerprint density at radius 2 is 0.622 bits per heavy atom. The third-order valence-corrected chi connectivity index (χ3v) is 22.0. The Labute approximate surface area is 740 Å². The van der Waals surface area contributed by atoms with Gasteiger partial charge >= 0.3 is 0 Å². The molecule has 0 aliphatic rings. The number of aromatic nitrogens is 20. The van der Waals surface area contributed by atoms with Gasteiger partial charge in [0.05, 0.1) is 49.2 Å². The molecule has 32 nitrogen and oxygen atoms in total. The second kappa shape index (κ2) is 37.1. The highest BCUT2D eigenvalue weighted by Crippen LogP contribution is 2.39. The zero-order valence-corrected chi connectivity index (χ0v) is 73.9. The van der Waals surface area contributed by atoms with E-state index in [1.165, 1.54) is 48.9 Å². The lowest BCUT2D eigenvalue weighted by molar-refractivity contribution is 0.0924. The number of fused-ring (bicyclic) bond motifs is 4. The second-order valence-electron chi connectivity index (χ2n) is 33.1. The fourth-order valence-electron chi connectivity index (χ4n) is 14.0. The summed E-state index contributed by atoms with van der Waals surface area (Å²) in [6, 6.07) is 52.6. The molecule has 17 aromatic rings. The smallest absolute Gasteiger partial charge is 0.270 e. The number of nitrogens with zero attached hydrogens (tertiary/aromatic N) is 20. The summed E-state index contributed by atoms with van der Waals surface area (Å²) in [7, 11) is 0. The number of rotatable bonds is 21. The van der Waals surface area contributed by atoms with E-state index in [1.807, 2.05) is 234 Å². The number of carbonyl (C=O) groups excluding carboxylic acids is 4. The monoisotopic (exact) mass is 1730 g/mol. The zero-order valence-electron chi connectivity index (χ0n) is 72.3. The summed E-state index contributed by atoms with van der Waals surface area (Å²) in [5.41, 5.74) is 42.1. The third kappa shape index (κ3) is 19.7. The summed E-state index contributed by atoms with van der Waals surface area (Å²) in [5, 5.41) is 36.2. The van der Waals surface area contributed by atoms with Crippen molar-refractivity contribution in [3.8, 4) is 56.2 Å². The lowest BCUT2D eigenvalue weighted by Gasteiger charge is -2.26. The molecule has 4 amide bonds. The van der Waals surface area contributed by atoms with Crippen LogP contribution >= 0.6 is 22.9 Å². The van der Waals surface area contributed by atoms with Gasteiger partial charge in [-0.05, 0) is 143 Å². The highest BCUT2D eigenvalue weighted by molar-refractivity contribution is 7.07. The van der Waals surface area contributed by atoms with Crippen LogP contribution in [0.3, 0.4) is 0 Å². The van der Waals surface area contributed by atoms with Gasteiger partial charge in [-0.25, -0.2) is 63.6 Å². The number of halogens is 1. The van der Waals surface area contributed by atoms with E-state index in [0.717, 1.165) is 66.9 Å². The van der Waals surface area contributed by atoms with E-state index in [-0.39, 0.29) is 35.9 Å². The molecule has 34 heteroatoms. The van der Waals surface area contributed by atoms with Gasteiger partial charge in [0, 0.05) is 77.4 Å². The number of benzene rings is 5. The fraction of sp³-hybridized carbons (Fsp3) is 0.226. The number of aryl methyl sites for hydroxylation is 5. The molecule has 0 radical (unpaired) electrons. The minimum absolute atomic E-state index is 0.219. The highest BCUT2D eigenvalue weighted by atomic mass is 35.5. The van der Waals surface area contributed by atoms with Crippen molar-refractivity contribution in [1.29, 1.82) is 0 Å². The molecule has 0 bridgehead atoms. The molecule has 12 N–H and O–H groups in total. The van der Waals surface area contributed by atoms with Gasteiger partial charge < -0.3 is 44.2 Å². The molecule has 17 rings (SSSR count). The highest BCUT2D eigenvalue weighted by Gasteiger charge is 2.34. The summed E-state index contributed by atoms with van der Waals surface area (Å²) >= 11 is 7.35. The van der Waals surface area contributed by atoms with Crippen LogP contribution in [0.4, 0.5) is 23.3 Å². The first kappa shape index (κ1) is 88.1. The predicted molar refractivity (Wildman–Crippen MR) is 496 cm³/mol. The van der Waals surface area contributed by atoms with E-state index >= 15 is 0 Å². The van der Waals surface area contributed by atoms with E-state index in [0.29, 0.717) is 126 Å². The molecular formula is C93H95ClN28O4S. The number of pyridine rings is 3. The number of nitrogens with two attached hydrogens (primary N) is 4. The van der Waals surface area contributed by atoms with Crippen LogP contribution in [0.5, 0.6) is 0 Å². The maximum atomic E-state index is 13.0. The van der Waals surface area contributed by atoms with E-state index in [2.05, 4.69) is 81.1 Å². The van der Waals surface area contributed by atoms with Crippen LogP contribution < -0.4 is 44.2 Å². The van der Waals surface area contributed by atoms with Crippen molar-refractivity contribution in [3.63, 3.8) is 0 Å². The molecule has 5 aromatic carbocycles. The maximum absolute atomic E-state index is 13.0. The molecule has 644 valence electrons. The van der Waals surface area contributed by atoms with Gasteiger partial charge in [-0.3, -0.25) is 34.1 Å². The van der Waals surface area contributed by atoms with Gasteiger partial charge in [0.2, 0.25) is 0 Å². The fourth-order valence-corrected chi connectivity index (χ4v) is 14.7. The Morgan fingerprint density at radius 3 is 0.929 bits per heavy atom. The number of anilines is 4. The van der Waals surface area contributed by atoms with Crippen molar-refractivity contribution in [2.75, 3.05) is 49.1 Å². The van der Waals surface area contributed by atoms with Crippen molar-refractivity contribution in [2.45, 2.75) is 112 Å². The Hall–Kier alpha value is -15.3. The molecule has 12 aromatic heterocycles. The Kier molecular flexibility index (Phi) is 25.7. The van der Waals surface area contributed by atoms with Crippen LogP contribution in [-0.2, 0) is 22.2 Å². The third-order valence-electron chi connectivity index (χ3n) is 21.2. The average molecular weight is 1740 g/mol. The van der Waals surface area contributed by atoms with Crippen LogP contribution in [0, 0.1) is 34.6 Å². The Bertz CT molecular complexity index is 6670. The van der Waals surface area contributed by atoms with Gasteiger partial charge in [-0.2, -0.15) is 20.4 Å². The standard InChI is InChI=1S/C28H27N7O.C23H25N7O.C22H22ClN7O.C20H21N7OS/c1-18-9-11-20(12-10-18)24-23-25(29)32-17-33-26(23)35(34-24)28(2,3)16-31-27(36)22-15-21(13-14-30-22)19-7-5-4-6-8-19;1-14-5-7-16(8-6-14)19-18-20(24)27-13-28-21(18)30(29-19)23(3,4)12-26-22(31)17-11-15(2)9-10-25-17;1-13-4-6-14(7-5-13)18-17-19(24)27-12-28-20(17)30(29-18)22(2,3)11-26-21(31)16-10-15(23)8-9-25-16;1-12-4-6-13(7-5-12)16-15-17(21)23-10-24-18(15)27(26-16)20(2,3)9-22-19(28)14-8-29-11-25-14/h4-15,17H,16H2,1-3H3,(H,31,36)(H2,29,32,33);5-11,13H,12H2,1-4H3,(H,26,31)(H2,24,27,28);4-10,12H,11H2,1-3H3,(H,26,31)(H2,24,27,28);4-8,10-11H,9H2,1-3H3,(H,22,28)(H2,21,23,24). The summed E-state index contributed by atoms with van der Waals surface area (Å²) in [4.78, 5) is 102. The zero-order chi connectivity index (χ0) is 90.2. The first-order valence-electron chi connectivity index (χ1n) is 40.6. The number of nitrogens with one attached hydrogen (secondary N) is 4. The quantitative estimate of drug-likeness (QED) is 0.0331. The SMILES string of the molecule is Cc1ccc(-c2nn(C(C)(C)CNC(=O)c3cc(-c4ccccc4)ccn3)c3ncnc(N)c23)cc1.Cc1ccc(-c2nn(C(C)(C)CNC(=O)c3cc(C)ccn3)c3ncnc(N)c23)cc1.Cc1ccc(-c2nn(C(C)(C)CNC(=O)c3cc(Cl)ccn3)c3ncnc(N)c23)cc1.Cc1ccc(-c2nn(C(C)(C)CNC(=O)c3cscn3)c3ncnc(N)c23)cc1. The first-order valence-corrected chi connectivity index (χ1v) is 41.9. The summed E-state index contributed by atoms with van der Waals surface area (Å²) < 4.78 is 7.20. The van der Waals surface area contributed by atoms with Crippen LogP contribution in [-0.4, -0.2) is 149 Å². The van der Waals surface area contributed by atoms with E-state index in [1.54, 1.807) is 55.5 Å². The van der Waals surface area contributed by atoms with E-state index in [9.17, 15) is 19.2 Å². The van der Waals surface area contributed by atoms with Gasteiger partial charge in [-0.15, -0.1) is 11.3 Å². The number of amides is 4. The Morgan fingerprint density at radius 1 is 0.323 bits per heavy atom. The second-order valence-corrected chi connectivity index (χ2v) is 34.2. The number of carbonyl (C=O) groups is 4. The van der Waals surface area contributed by atoms with Crippen molar-refractivity contribution >= 4 is 114 Å². The van der Waals surface area contributed by atoms with Gasteiger partial charge in [-0.1, -0.05) is 161 Å². The van der Waals surface area contributed by atoms with Crippen molar-refractivity contribution in [2.24, 2.45) is 0 Å². The van der Waals surface area contributed by atoms with Crippen molar-refractivity contribution in [3.05, 3.63) is 274 Å². The Balaban J connectivity index is 0.000000138. The largest absolute Gasteiger partial charge is 0.383 e. The molecule has 0 spiro atoms.